The van der Waals surface area contributed by atoms with E-state index in [9.17, 15) is 30.3 Å². The van der Waals surface area contributed by atoms with Crippen LogP contribution in [-0.2, 0) is 4.79 Å². The monoisotopic (exact) mass is 316 g/mol. The van der Waals surface area contributed by atoms with Gasteiger partial charge < -0.3 is 25.5 Å². The third kappa shape index (κ3) is 9.81. The van der Waals surface area contributed by atoms with Crippen molar-refractivity contribution in [2.45, 2.75) is 69.5 Å². The predicted molar refractivity (Wildman–Crippen MR) is 83.1 cm³/mol. The summed E-state index contributed by atoms with van der Waals surface area (Å²) in [7, 11) is 0. The third-order valence-electron chi connectivity index (χ3n) is 3.28. The average molecular weight is 316 g/mol. The quantitative estimate of drug-likeness (QED) is 0.198. The van der Waals surface area contributed by atoms with Crippen molar-refractivity contribution >= 4 is 6.29 Å². The first kappa shape index (κ1) is 20.9. The van der Waals surface area contributed by atoms with Crippen LogP contribution in [0.2, 0.25) is 0 Å². The van der Waals surface area contributed by atoms with Gasteiger partial charge >= 0.3 is 0 Å². The van der Waals surface area contributed by atoms with E-state index in [2.05, 4.69) is 0 Å². The van der Waals surface area contributed by atoms with Gasteiger partial charge in [-0.3, -0.25) is 4.79 Å². The predicted octanol–water partition coefficient (Wildman–Crippen LogP) is 0.0726. The van der Waals surface area contributed by atoms with Crippen LogP contribution in [-0.4, -0.2) is 62.3 Å². The molecule has 0 amide bonds. The first-order valence-electron chi connectivity index (χ1n) is 7.59. The Hall–Kier alpha value is -1.05. The summed E-state index contributed by atoms with van der Waals surface area (Å²) in [5.74, 6) is 0. The highest BCUT2D eigenvalue weighted by Gasteiger charge is 2.26. The highest BCUT2D eigenvalue weighted by Crippen LogP contribution is 2.14. The van der Waals surface area contributed by atoms with Gasteiger partial charge in [-0.25, -0.2) is 0 Å². The molecule has 5 N–H and O–H groups in total. The minimum absolute atomic E-state index is 0.0510. The lowest BCUT2D eigenvalue weighted by molar-refractivity contribution is -0.104. The largest absolute Gasteiger partial charge is 0.393 e. The second-order valence-corrected chi connectivity index (χ2v) is 5.38. The maximum absolute atomic E-state index is 10.0. The van der Waals surface area contributed by atoms with E-state index >= 15 is 0 Å². The lowest BCUT2D eigenvalue weighted by Crippen LogP contribution is -2.39. The Kier molecular flexibility index (Phi) is 11.9. The van der Waals surface area contributed by atoms with Crippen molar-refractivity contribution in [3.63, 3.8) is 0 Å². The van der Waals surface area contributed by atoms with E-state index in [-0.39, 0.29) is 12.8 Å². The highest BCUT2D eigenvalue weighted by atomic mass is 16.4. The molecule has 0 aliphatic heterocycles. The summed E-state index contributed by atoms with van der Waals surface area (Å²) >= 11 is 0. The third-order valence-corrected chi connectivity index (χ3v) is 3.28. The zero-order valence-electron chi connectivity index (χ0n) is 13.0. The molecule has 5 unspecified atom stereocenters. The van der Waals surface area contributed by atoms with E-state index in [1.807, 2.05) is 6.92 Å². The minimum atomic E-state index is -1.31. The molecule has 128 valence electrons. The van der Waals surface area contributed by atoms with Crippen molar-refractivity contribution in [2.24, 2.45) is 0 Å². The van der Waals surface area contributed by atoms with E-state index in [0.717, 1.165) is 0 Å². The number of carbonyl (C=O) groups excluding carboxylic acids is 1. The number of hydrogen-bond acceptors (Lipinski definition) is 6. The van der Waals surface area contributed by atoms with Crippen LogP contribution in [0.5, 0.6) is 0 Å². The van der Waals surface area contributed by atoms with Gasteiger partial charge in [0.2, 0.25) is 0 Å². The van der Waals surface area contributed by atoms with E-state index in [1.165, 1.54) is 12.2 Å². The number of aliphatic hydroxyl groups excluding tert-OH is 5. The molecule has 6 nitrogen and oxygen atoms in total. The van der Waals surface area contributed by atoms with Crippen LogP contribution in [0, 0.1) is 0 Å². The molecular formula is C16H28O6. The number of carbonyl (C=O) groups is 1. The van der Waals surface area contributed by atoms with E-state index in [0.29, 0.717) is 25.5 Å². The van der Waals surface area contributed by atoms with Gasteiger partial charge in [0.25, 0.3) is 0 Å². The summed E-state index contributed by atoms with van der Waals surface area (Å²) in [4.78, 5) is 10.0. The average Bonchev–Trinajstić information content (AvgIpc) is 2.46. The molecule has 0 aliphatic rings. The summed E-state index contributed by atoms with van der Waals surface area (Å²) in [5, 5.41) is 48.6. The van der Waals surface area contributed by atoms with Crippen molar-refractivity contribution in [1.29, 1.82) is 0 Å². The van der Waals surface area contributed by atoms with Crippen molar-refractivity contribution in [3.05, 3.63) is 24.3 Å². The summed E-state index contributed by atoms with van der Waals surface area (Å²) in [6.07, 6.45) is 2.71. The van der Waals surface area contributed by atoms with Crippen LogP contribution >= 0.6 is 0 Å². The SMILES string of the molecule is CCCC(O)C(O)C(O)CC(O)CC(O)CC=CC=CC=O. The van der Waals surface area contributed by atoms with E-state index < -0.39 is 30.5 Å². The van der Waals surface area contributed by atoms with E-state index in [1.54, 1.807) is 12.2 Å². The molecule has 0 saturated carbocycles. The molecule has 0 aromatic carbocycles. The maximum Gasteiger partial charge on any atom is 0.142 e. The Morgan fingerprint density at radius 2 is 1.55 bits per heavy atom. The van der Waals surface area contributed by atoms with Crippen molar-refractivity contribution in [1.82, 2.24) is 0 Å². The molecule has 0 spiro atoms. The first-order valence-corrected chi connectivity index (χ1v) is 7.59. The molecule has 0 rings (SSSR count). The molecule has 0 radical (unpaired) electrons. The number of allylic oxidation sites excluding steroid dienone is 3. The number of hydrogen-bond donors (Lipinski definition) is 5. The van der Waals surface area contributed by atoms with E-state index in [4.69, 9.17) is 0 Å². The van der Waals surface area contributed by atoms with Gasteiger partial charge in [0.1, 0.15) is 12.4 Å². The van der Waals surface area contributed by atoms with Gasteiger partial charge in [-0.1, -0.05) is 31.6 Å². The molecule has 0 aromatic heterocycles. The van der Waals surface area contributed by atoms with Crippen LogP contribution in [0.25, 0.3) is 0 Å². The molecule has 0 saturated heterocycles. The Labute approximate surface area is 131 Å². The fourth-order valence-corrected chi connectivity index (χ4v) is 2.07. The molecule has 0 heterocycles. The zero-order chi connectivity index (χ0) is 17.0. The fourth-order valence-electron chi connectivity index (χ4n) is 2.07. The summed E-state index contributed by atoms with van der Waals surface area (Å²) in [6, 6.07) is 0. The molecule has 6 heteroatoms. The summed E-state index contributed by atoms with van der Waals surface area (Å²) < 4.78 is 0. The smallest absolute Gasteiger partial charge is 0.142 e. The molecule has 0 bridgehead atoms. The molecule has 0 fully saturated rings. The molecule has 0 aromatic rings. The normalized spacial score (nSPS) is 19.2. The Morgan fingerprint density at radius 3 is 2.14 bits per heavy atom. The van der Waals surface area contributed by atoms with Gasteiger partial charge in [-0.2, -0.15) is 0 Å². The van der Waals surface area contributed by atoms with Gasteiger partial charge in [0, 0.05) is 6.42 Å². The maximum atomic E-state index is 10.0. The lowest BCUT2D eigenvalue weighted by atomic mass is 9.96. The second-order valence-electron chi connectivity index (χ2n) is 5.38. The van der Waals surface area contributed by atoms with Gasteiger partial charge in [0.05, 0.1) is 24.4 Å². The summed E-state index contributed by atoms with van der Waals surface area (Å²) in [6.45, 7) is 1.85. The van der Waals surface area contributed by atoms with Crippen LogP contribution in [0.1, 0.15) is 39.0 Å². The highest BCUT2D eigenvalue weighted by molar-refractivity contribution is 5.65. The second kappa shape index (κ2) is 12.5. The van der Waals surface area contributed by atoms with Gasteiger partial charge in [0.15, 0.2) is 0 Å². The first-order chi connectivity index (χ1) is 10.4. The lowest BCUT2D eigenvalue weighted by Gasteiger charge is -2.25. The van der Waals surface area contributed by atoms with Crippen molar-refractivity contribution < 1.29 is 30.3 Å². The van der Waals surface area contributed by atoms with Crippen molar-refractivity contribution in [2.75, 3.05) is 0 Å². The fraction of sp³-hybridized carbons (Fsp3) is 0.688. The standard InChI is InChI=1S/C16H28O6/c1-2-7-14(20)16(22)15(21)11-13(19)10-12(18)8-5-3-4-6-9-17/h3-6,9,12-16,18-22H,2,7-8,10-11H2,1H3. The van der Waals surface area contributed by atoms with Crippen LogP contribution in [0.4, 0.5) is 0 Å². The minimum Gasteiger partial charge on any atom is -0.393 e. The van der Waals surface area contributed by atoms with Crippen molar-refractivity contribution in [3.8, 4) is 0 Å². The number of rotatable bonds is 12. The molecule has 22 heavy (non-hydrogen) atoms. The Morgan fingerprint density at radius 1 is 0.864 bits per heavy atom. The molecular weight excluding hydrogens is 288 g/mol. The number of aliphatic hydroxyl groups is 5. The topological polar surface area (TPSA) is 118 Å². The molecule has 0 aliphatic carbocycles. The van der Waals surface area contributed by atoms with Gasteiger partial charge in [-0.15, -0.1) is 0 Å². The van der Waals surface area contributed by atoms with Crippen LogP contribution in [0.3, 0.4) is 0 Å². The van der Waals surface area contributed by atoms with Crippen LogP contribution < -0.4 is 0 Å². The number of aldehydes is 1. The molecule has 5 atom stereocenters. The Bertz CT molecular complexity index is 342. The zero-order valence-corrected chi connectivity index (χ0v) is 13.0. The van der Waals surface area contributed by atoms with Crippen LogP contribution in [0.15, 0.2) is 24.3 Å². The van der Waals surface area contributed by atoms with Gasteiger partial charge in [-0.05, 0) is 25.3 Å². The summed E-state index contributed by atoms with van der Waals surface area (Å²) in [5.41, 5.74) is 0. The Balaban J connectivity index is 4.09.